The molecule has 1 amide bonds. The van der Waals surface area contributed by atoms with Crippen molar-refractivity contribution in [1.29, 1.82) is 0 Å². The van der Waals surface area contributed by atoms with Gasteiger partial charge < -0.3 is 49.6 Å². The van der Waals surface area contributed by atoms with Gasteiger partial charge in [0, 0.05) is 24.9 Å². The maximum Gasteiger partial charge on any atom is 0.326 e. The molecule has 8 atom stereocenters. The summed E-state index contributed by atoms with van der Waals surface area (Å²) >= 11 is 0. The highest BCUT2D eigenvalue weighted by Crippen LogP contribution is 2.65. The second-order valence-electron chi connectivity index (χ2n) is 13.1. The van der Waals surface area contributed by atoms with Crippen LogP contribution in [0.1, 0.15) is 64.5 Å². The van der Waals surface area contributed by atoms with Crippen LogP contribution in [0.15, 0.2) is 24.0 Å². The molecule has 2 heterocycles. The van der Waals surface area contributed by atoms with Crippen LogP contribution in [0.5, 0.6) is 11.5 Å². The van der Waals surface area contributed by atoms with Gasteiger partial charge in [-0.15, -0.1) is 0 Å². The van der Waals surface area contributed by atoms with E-state index in [2.05, 4.69) is 10.2 Å². The van der Waals surface area contributed by atoms with Crippen LogP contribution in [0.25, 0.3) is 0 Å². The molecule has 1 aromatic carbocycles. The van der Waals surface area contributed by atoms with Gasteiger partial charge in [0.1, 0.15) is 17.9 Å². The van der Waals surface area contributed by atoms with Crippen LogP contribution in [-0.4, -0.2) is 105 Å². The maximum atomic E-state index is 13.3. The second kappa shape index (κ2) is 12.5. The minimum Gasteiger partial charge on any atom is -0.504 e. The molecule has 4 aliphatic rings. The van der Waals surface area contributed by atoms with Crippen LogP contribution in [0.2, 0.25) is 0 Å². The van der Waals surface area contributed by atoms with E-state index in [4.69, 9.17) is 18.9 Å². The molecule has 2 unspecified atom stereocenters. The van der Waals surface area contributed by atoms with E-state index in [9.17, 15) is 39.6 Å². The lowest BCUT2D eigenvalue weighted by molar-refractivity contribution is -0.206. The number of aromatic hydroxyl groups is 1. The molecular formula is C32H42N2O12. The zero-order valence-corrected chi connectivity index (χ0v) is 26.5. The normalized spacial score (nSPS) is 28.6. The van der Waals surface area contributed by atoms with Crippen LogP contribution >= 0.6 is 0 Å². The molecule has 2 bridgehead atoms. The summed E-state index contributed by atoms with van der Waals surface area (Å²) in [5.41, 5.74) is -0.585. The van der Waals surface area contributed by atoms with E-state index in [0.717, 1.165) is 18.1 Å². The van der Waals surface area contributed by atoms with Crippen molar-refractivity contribution >= 4 is 23.8 Å². The van der Waals surface area contributed by atoms with Crippen molar-refractivity contribution in [2.45, 2.75) is 108 Å². The van der Waals surface area contributed by atoms with Gasteiger partial charge in [-0.3, -0.25) is 14.4 Å². The highest BCUT2D eigenvalue weighted by Gasteiger charge is 2.72. The molecule has 1 aromatic rings. The van der Waals surface area contributed by atoms with Crippen LogP contribution in [-0.2, 0) is 45.2 Å². The summed E-state index contributed by atoms with van der Waals surface area (Å²) in [6.45, 7) is 6.59. The van der Waals surface area contributed by atoms with E-state index in [1.165, 1.54) is 6.92 Å². The number of carboxylic acid groups (broad SMARTS) is 1. The Morgan fingerprint density at radius 1 is 1.20 bits per heavy atom. The molecule has 1 saturated heterocycles. The third kappa shape index (κ3) is 5.72. The van der Waals surface area contributed by atoms with E-state index in [-0.39, 0.29) is 42.1 Å². The van der Waals surface area contributed by atoms with Gasteiger partial charge in [0.2, 0.25) is 5.91 Å². The van der Waals surface area contributed by atoms with Gasteiger partial charge in [0.15, 0.2) is 30.0 Å². The van der Waals surface area contributed by atoms with Gasteiger partial charge in [-0.25, -0.2) is 4.79 Å². The van der Waals surface area contributed by atoms with Crippen molar-refractivity contribution < 1.29 is 58.6 Å². The lowest BCUT2D eigenvalue weighted by Crippen LogP contribution is -2.74. The Labute approximate surface area is 266 Å². The predicted octanol–water partition coefficient (Wildman–Crippen LogP) is 0.874. The quantitative estimate of drug-likeness (QED) is 0.158. The highest BCUT2D eigenvalue weighted by atomic mass is 16.7. The number of aliphatic carboxylic acids is 1. The number of likely N-dealkylation sites (tertiary alicyclic amines) is 1. The Balaban J connectivity index is 1.31. The summed E-state index contributed by atoms with van der Waals surface area (Å²) in [5, 5.41) is 45.5. The standard InChI is InChI=1S/C32H42N2O12/c1-15(2)12-19(29(39)40)33-28(38)16(3)43-30(41)22(44-17(4)35)14-24(37)45-21-8-9-32(42)23-13-18-6-7-20(36)26-25(18)31(32,27(21)46-26)10-11-34(23)5/h6-8,15-16,19,22-23,27,30,36,41-42H,9-14H2,1-5H3,(H,33,38)(H,39,40)/t16-,19-,22-,23+,27-,30?,31?,32+/m0/s1. The fraction of sp³-hybridized carbons (Fsp3) is 0.625. The number of piperidine rings is 1. The molecule has 5 N–H and O–H groups in total. The molecule has 46 heavy (non-hydrogen) atoms. The average Bonchev–Trinajstić information content (AvgIpc) is 3.32. The molecule has 252 valence electrons. The number of hydrogen-bond acceptors (Lipinski definition) is 12. The number of carbonyl (C=O) groups is 4. The Hall–Kier alpha value is -3.72. The van der Waals surface area contributed by atoms with E-state index in [0.29, 0.717) is 19.4 Å². The largest absolute Gasteiger partial charge is 0.504 e. The van der Waals surface area contributed by atoms with Crippen LogP contribution in [0, 0.1) is 5.92 Å². The molecule has 0 radical (unpaired) electrons. The fourth-order valence-corrected chi connectivity index (χ4v) is 7.53. The van der Waals surface area contributed by atoms with Gasteiger partial charge in [-0.05, 0) is 63.4 Å². The summed E-state index contributed by atoms with van der Waals surface area (Å²) in [4.78, 5) is 51.5. The number of aliphatic hydroxyl groups is 2. The summed E-state index contributed by atoms with van der Waals surface area (Å²) in [5.74, 6) is -3.53. The first kappa shape index (κ1) is 33.6. The Morgan fingerprint density at radius 3 is 2.57 bits per heavy atom. The SMILES string of the molecule is CC(=O)O[C@@H](CC(=O)OC1=CC[C@@]2(O)[C@H]3Cc4ccc(O)c5c4C2(CCN3C)[C@H]1O5)C(O)O[C@@H](C)C(=O)N[C@@H](CC(C)C)C(=O)O. The van der Waals surface area contributed by atoms with E-state index >= 15 is 0 Å². The number of benzene rings is 1. The van der Waals surface area contributed by atoms with Crippen molar-refractivity contribution in [3.8, 4) is 11.5 Å². The van der Waals surface area contributed by atoms with Crippen LogP contribution < -0.4 is 10.1 Å². The first-order valence-electron chi connectivity index (χ1n) is 15.5. The second-order valence-corrected chi connectivity index (χ2v) is 13.1. The number of amides is 1. The number of nitrogens with zero attached hydrogens (tertiary/aromatic N) is 1. The van der Waals surface area contributed by atoms with Gasteiger partial charge in [0.25, 0.3) is 0 Å². The molecule has 2 aliphatic heterocycles. The Bertz CT molecular complexity index is 1440. The molecule has 1 spiro atoms. The summed E-state index contributed by atoms with van der Waals surface area (Å²) in [6, 6.07) is 1.97. The number of phenols is 1. The molecule has 1 fully saturated rings. The number of esters is 2. The zero-order chi connectivity index (χ0) is 33.7. The number of aliphatic hydroxyl groups excluding tert-OH is 1. The van der Waals surface area contributed by atoms with Crippen LogP contribution in [0.4, 0.5) is 0 Å². The molecule has 0 aromatic heterocycles. The van der Waals surface area contributed by atoms with E-state index < -0.39 is 71.9 Å². The van der Waals surface area contributed by atoms with E-state index in [1.807, 2.05) is 13.1 Å². The Morgan fingerprint density at radius 2 is 1.91 bits per heavy atom. The van der Waals surface area contributed by atoms with Gasteiger partial charge in [0.05, 0.1) is 17.4 Å². The molecule has 14 nitrogen and oxygen atoms in total. The number of rotatable bonds is 12. The molecular weight excluding hydrogens is 604 g/mol. The lowest BCUT2D eigenvalue weighted by Gasteiger charge is -2.61. The van der Waals surface area contributed by atoms with Crippen molar-refractivity contribution in [3.05, 3.63) is 35.1 Å². The maximum absolute atomic E-state index is 13.3. The number of hydrogen-bond donors (Lipinski definition) is 5. The third-order valence-corrected chi connectivity index (χ3v) is 9.62. The third-order valence-electron chi connectivity index (χ3n) is 9.62. The average molecular weight is 647 g/mol. The number of likely N-dealkylation sites (N-methyl/N-ethyl adjacent to an activating group) is 1. The van der Waals surface area contributed by atoms with Crippen molar-refractivity contribution in [1.82, 2.24) is 10.2 Å². The summed E-state index contributed by atoms with van der Waals surface area (Å²) in [7, 11) is 1.95. The lowest BCUT2D eigenvalue weighted by atomic mass is 9.50. The van der Waals surface area contributed by atoms with Gasteiger partial charge in [-0.1, -0.05) is 19.9 Å². The number of ether oxygens (including phenoxy) is 4. The molecule has 2 aliphatic carbocycles. The zero-order valence-electron chi connectivity index (χ0n) is 26.5. The minimum absolute atomic E-state index is 0.0224. The van der Waals surface area contributed by atoms with Gasteiger partial charge >= 0.3 is 17.9 Å². The van der Waals surface area contributed by atoms with Crippen LogP contribution in [0.3, 0.4) is 0 Å². The summed E-state index contributed by atoms with van der Waals surface area (Å²) in [6.07, 6.45) is -3.55. The first-order valence-corrected chi connectivity index (χ1v) is 15.5. The molecule has 14 heteroatoms. The highest BCUT2D eigenvalue weighted by molar-refractivity contribution is 5.86. The number of carbonyl (C=O) groups excluding carboxylic acids is 3. The molecule has 0 saturated carbocycles. The first-order chi connectivity index (χ1) is 21.6. The van der Waals surface area contributed by atoms with E-state index in [1.54, 1.807) is 26.0 Å². The Kier molecular flexibility index (Phi) is 9.12. The summed E-state index contributed by atoms with van der Waals surface area (Å²) < 4.78 is 22.5. The van der Waals surface area contributed by atoms with Crippen molar-refractivity contribution in [3.63, 3.8) is 0 Å². The number of nitrogens with one attached hydrogen (secondary N) is 1. The van der Waals surface area contributed by atoms with Gasteiger partial charge in [-0.2, -0.15) is 0 Å². The number of carboxylic acids is 1. The predicted molar refractivity (Wildman–Crippen MR) is 158 cm³/mol. The topological polar surface area (TPSA) is 201 Å². The fourth-order valence-electron chi connectivity index (χ4n) is 7.53. The van der Waals surface area contributed by atoms with Crippen molar-refractivity contribution in [2.75, 3.05) is 13.6 Å². The number of phenolic OH excluding ortho intramolecular Hbond substituents is 1. The van der Waals surface area contributed by atoms with Crippen molar-refractivity contribution in [2.24, 2.45) is 5.92 Å². The molecule has 5 rings (SSSR count). The monoisotopic (exact) mass is 646 g/mol. The minimum atomic E-state index is -1.95. The smallest absolute Gasteiger partial charge is 0.326 e.